The Morgan fingerprint density at radius 2 is 2.00 bits per heavy atom. The number of aromatic carboxylic acids is 1. The van der Waals surface area contributed by atoms with E-state index >= 15 is 0 Å². The predicted molar refractivity (Wildman–Crippen MR) is 75.9 cm³/mol. The van der Waals surface area contributed by atoms with Gasteiger partial charge < -0.3 is 9.84 Å². The van der Waals surface area contributed by atoms with Crippen LogP contribution >= 0.6 is 0 Å². The average molecular weight is 269 g/mol. The second-order valence-electron chi connectivity index (χ2n) is 4.43. The van der Waals surface area contributed by atoms with Crippen molar-refractivity contribution in [3.05, 3.63) is 42.0 Å². The molecular formula is C16H15NO3. The number of unbranched alkanes of at least 4 members (excludes halogenated alkanes) is 2. The van der Waals surface area contributed by atoms with Crippen molar-refractivity contribution < 1.29 is 14.6 Å². The summed E-state index contributed by atoms with van der Waals surface area (Å²) in [6, 6.07) is 13.0. The molecule has 0 aromatic heterocycles. The minimum Gasteiger partial charge on any atom is -0.492 e. The summed E-state index contributed by atoms with van der Waals surface area (Å²) >= 11 is 0. The summed E-state index contributed by atoms with van der Waals surface area (Å²) in [6.45, 7) is 0.413. The van der Waals surface area contributed by atoms with Crippen LogP contribution < -0.4 is 4.74 Å². The maximum absolute atomic E-state index is 11.3. The van der Waals surface area contributed by atoms with Crippen LogP contribution in [0.25, 0.3) is 10.8 Å². The summed E-state index contributed by atoms with van der Waals surface area (Å²) in [7, 11) is 0. The maximum Gasteiger partial charge on any atom is 0.339 e. The van der Waals surface area contributed by atoms with Gasteiger partial charge in [-0.3, -0.25) is 0 Å². The molecule has 0 saturated heterocycles. The molecule has 0 fully saturated rings. The van der Waals surface area contributed by atoms with E-state index in [2.05, 4.69) is 6.07 Å². The highest BCUT2D eigenvalue weighted by molar-refractivity contribution is 6.00. The number of rotatable bonds is 6. The molecule has 0 amide bonds. The van der Waals surface area contributed by atoms with Crippen LogP contribution in [0, 0.1) is 11.3 Å². The number of hydrogen-bond acceptors (Lipinski definition) is 3. The number of ether oxygens (including phenoxy) is 1. The molecule has 0 saturated carbocycles. The van der Waals surface area contributed by atoms with Gasteiger partial charge in [-0.25, -0.2) is 4.79 Å². The van der Waals surface area contributed by atoms with Gasteiger partial charge in [0.1, 0.15) is 11.3 Å². The number of fused-ring (bicyclic) bond motifs is 1. The molecule has 2 aromatic carbocycles. The number of carboxylic acids is 1. The topological polar surface area (TPSA) is 70.3 Å². The molecule has 2 aromatic rings. The lowest BCUT2D eigenvalue weighted by Gasteiger charge is -2.12. The lowest BCUT2D eigenvalue weighted by atomic mass is 10.1. The molecule has 0 radical (unpaired) electrons. The molecule has 1 N–H and O–H groups in total. The van der Waals surface area contributed by atoms with E-state index in [-0.39, 0.29) is 5.56 Å². The number of nitrogens with zero attached hydrogens (tertiary/aromatic N) is 1. The van der Waals surface area contributed by atoms with E-state index in [4.69, 9.17) is 10.00 Å². The lowest BCUT2D eigenvalue weighted by Crippen LogP contribution is -2.05. The first-order valence-electron chi connectivity index (χ1n) is 6.49. The molecule has 0 spiro atoms. The number of carboxylic acid groups (broad SMARTS) is 1. The van der Waals surface area contributed by atoms with Crippen LogP contribution in [0.2, 0.25) is 0 Å². The second-order valence-corrected chi connectivity index (χ2v) is 4.43. The van der Waals surface area contributed by atoms with E-state index in [0.29, 0.717) is 18.8 Å². The molecule has 4 nitrogen and oxygen atoms in total. The molecular weight excluding hydrogens is 254 g/mol. The Balaban J connectivity index is 2.26. The van der Waals surface area contributed by atoms with Gasteiger partial charge >= 0.3 is 5.97 Å². The summed E-state index contributed by atoms with van der Waals surface area (Å²) in [5.41, 5.74) is 0.170. The Bertz CT molecular complexity index is 658. The van der Waals surface area contributed by atoms with Crippen LogP contribution in [-0.2, 0) is 0 Å². The van der Waals surface area contributed by atoms with Crippen LogP contribution in [-0.4, -0.2) is 17.7 Å². The molecule has 0 heterocycles. The number of carbonyl (C=O) groups is 1. The molecule has 102 valence electrons. The zero-order chi connectivity index (χ0) is 14.4. The smallest absolute Gasteiger partial charge is 0.339 e. The first-order chi connectivity index (χ1) is 9.74. The summed E-state index contributed by atoms with van der Waals surface area (Å²) < 4.78 is 5.67. The lowest BCUT2D eigenvalue weighted by molar-refractivity contribution is 0.0692. The van der Waals surface area contributed by atoms with Gasteiger partial charge in [-0.2, -0.15) is 5.26 Å². The molecule has 0 aliphatic carbocycles. The quantitative estimate of drug-likeness (QED) is 0.813. The van der Waals surface area contributed by atoms with E-state index in [1.54, 1.807) is 12.1 Å². The Morgan fingerprint density at radius 3 is 2.75 bits per heavy atom. The van der Waals surface area contributed by atoms with Crippen molar-refractivity contribution in [3.8, 4) is 11.8 Å². The third-order valence-electron chi connectivity index (χ3n) is 3.04. The van der Waals surface area contributed by atoms with E-state index in [9.17, 15) is 9.90 Å². The third kappa shape index (κ3) is 3.07. The van der Waals surface area contributed by atoms with Gasteiger partial charge in [-0.15, -0.1) is 0 Å². The van der Waals surface area contributed by atoms with E-state index < -0.39 is 5.97 Å². The molecule has 4 heteroatoms. The maximum atomic E-state index is 11.3. The van der Waals surface area contributed by atoms with Gasteiger partial charge in [0.2, 0.25) is 0 Å². The first kappa shape index (κ1) is 13.9. The highest BCUT2D eigenvalue weighted by Gasteiger charge is 2.14. The highest BCUT2D eigenvalue weighted by atomic mass is 16.5. The molecule has 0 unspecified atom stereocenters. The molecule has 0 bridgehead atoms. The minimum absolute atomic E-state index is 0.170. The highest BCUT2D eigenvalue weighted by Crippen LogP contribution is 2.30. The normalized spacial score (nSPS) is 10.2. The van der Waals surface area contributed by atoms with Crippen molar-refractivity contribution in [1.82, 2.24) is 0 Å². The fourth-order valence-electron chi connectivity index (χ4n) is 2.05. The number of benzene rings is 2. The van der Waals surface area contributed by atoms with Gasteiger partial charge in [0.15, 0.2) is 0 Å². The summed E-state index contributed by atoms with van der Waals surface area (Å²) in [4.78, 5) is 11.3. The zero-order valence-corrected chi connectivity index (χ0v) is 11.0. The van der Waals surface area contributed by atoms with Crippen molar-refractivity contribution in [2.24, 2.45) is 0 Å². The molecule has 0 atom stereocenters. The molecule has 0 aliphatic heterocycles. The zero-order valence-electron chi connectivity index (χ0n) is 11.0. The van der Waals surface area contributed by atoms with Crippen LogP contribution in [0.15, 0.2) is 36.4 Å². The Labute approximate surface area is 117 Å². The van der Waals surface area contributed by atoms with Gasteiger partial charge in [0, 0.05) is 11.8 Å². The first-order valence-corrected chi connectivity index (χ1v) is 6.49. The van der Waals surface area contributed by atoms with Crippen molar-refractivity contribution >= 4 is 16.7 Å². The van der Waals surface area contributed by atoms with Gasteiger partial charge in [-0.1, -0.05) is 30.3 Å². The van der Waals surface area contributed by atoms with Crippen LogP contribution in [0.4, 0.5) is 0 Å². The Kier molecular flexibility index (Phi) is 4.56. The molecule has 0 aliphatic rings. The van der Waals surface area contributed by atoms with E-state index in [0.717, 1.165) is 23.6 Å². The monoisotopic (exact) mass is 269 g/mol. The second kappa shape index (κ2) is 6.58. The SMILES string of the molecule is N#CCCCCOc1c(C(=O)O)ccc2ccccc12. The van der Waals surface area contributed by atoms with Crippen LogP contribution in [0.1, 0.15) is 29.6 Å². The average Bonchev–Trinajstić information content (AvgIpc) is 2.46. The van der Waals surface area contributed by atoms with Gasteiger partial charge in [0.05, 0.1) is 12.7 Å². The van der Waals surface area contributed by atoms with E-state index in [1.165, 1.54) is 0 Å². The fraction of sp³-hybridized carbons (Fsp3) is 0.250. The Morgan fingerprint density at radius 1 is 1.20 bits per heavy atom. The molecule has 2 rings (SSSR count). The van der Waals surface area contributed by atoms with Crippen molar-refractivity contribution in [3.63, 3.8) is 0 Å². The molecule has 20 heavy (non-hydrogen) atoms. The summed E-state index contributed by atoms with van der Waals surface area (Å²) in [5.74, 6) is -0.588. The van der Waals surface area contributed by atoms with Crippen LogP contribution in [0.3, 0.4) is 0 Å². The van der Waals surface area contributed by atoms with Crippen molar-refractivity contribution in [1.29, 1.82) is 5.26 Å². The summed E-state index contributed by atoms with van der Waals surface area (Å²) in [6.07, 6.45) is 1.98. The predicted octanol–water partition coefficient (Wildman–Crippen LogP) is 3.61. The van der Waals surface area contributed by atoms with Gasteiger partial charge in [-0.05, 0) is 24.3 Å². The van der Waals surface area contributed by atoms with E-state index in [1.807, 2.05) is 24.3 Å². The summed E-state index contributed by atoms with van der Waals surface area (Å²) in [5, 5.41) is 19.5. The number of nitriles is 1. The largest absolute Gasteiger partial charge is 0.492 e. The minimum atomic E-state index is -0.997. The number of hydrogen-bond donors (Lipinski definition) is 1. The fourth-order valence-corrected chi connectivity index (χ4v) is 2.05. The van der Waals surface area contributed by atoms with Crippen molar-refractivity contribution in [2.45, 2.75) is 19.3 Å². The van der Waals surface area contributed by atoms with Crippen molar-refractivity contribution in [2.75, 3.05) is 6.61 Å². The third-order valence-corrected chi connectivity index (χ3v) is 3.04. The van der Waals surface area contributed by atoms with Gasteiger partial charge in [0.25, 0.3) is 0 Å². The van der Waals surface area contributed by atoms with Crippen LogP contribution in [0.5, 0.6) is 5.75 Å². The Hall–Kier alpha value is -2.54. The standard InChI is InChI=1S/C16H15NO3/c17-10-4-1-5-11-20-15-13-7-3-2-6-12(13)8-9-14(15)16(18)19/h2-3,6-9H,1,4-5,11H2,(H,18,19).